The number of para-hydroxylation sites is 4. The topological polar surface area (TPSA) is 70.3 Å². The third-order valence-corrected chi connectivity index (χ3v) is 10.4. The van der Waals surface area contributed by atoms with Gasteiger partial charge in [0.2, 0.25) is 0 Å². The van der Waals surface area contributed by atoms with Gasteiger partial charge in [0.05, 0.1) is 44.6 Å². The maximum atomic E-state index is 11.0. The molecule has 0 aliphatic rings. The number of benzene rings is 7. The number of hydrogen-bond acceptors (Lipinski definition) is 3. The Balaban J connectivity index is 1.38. The van der Waals surface area contributed by atoms with Crippen LogP contribution in [0.15, 0.2) is 176 Å². The zero-order chi connectivity index (χ0) is 36.2. The Morgan fingerprint density at radius 1 is 0.407 bits per heavy atom. The highest BCUT2D eigenvalue weighted by Crippen LogP contribution is 2.45. The van der Waals surface area contributed by atoms with Crippen molar-refractivity contribution in [2.45, 2.75) is 0 Å². The minimum absolute atomic E-state index is 0.362. The molecule has 5 nitrogen and oxygen atoms in total. The van der Waals surface area contributed by atoms with E-state index >= 15 is 0 Å². The van der Waals surface area contributed by atoms with E-state index in [1.807, 2.05) is 72.8 Å². The third-order valence-electron chi connectivity index (χ3n) is 10.4. The van der Waals surface area contributed by atoms with Gasteiger partial charge in [-0.25, -0.2) is 4.98 Å². The van der Waals surface area contributed by atoms with E-state index in [1.165, 1.54) is 5.39 Å². The van der Waals surface area contributed by atoms with Gasteiger partial charge in [0.1, 0.15) is 12.1 Å². The molecule has 0 amide bonds. The van der Waals surface area contributed by atoms with Gasteiger partial charge in [-0.15, -0.1) is 0 Å². The highest BCUT2D eigenvalue weighted by atomic mass is 15.0. The Morgan fingerprint density at radius 3 is 1.59 bits per heavy atom. The fourth-order valence-corrected chi connectivity index (χ4v) is 8.12. The smallest absolute Gasteiger partial charge is 0.102 e. The molecule has 5 heteroatoms. The number of hydrogen-bond donors (Lipinski definition) is 0. The molecule has 7 aromatic carbocycles. The van der Waals surface area contributed by atoms with Crippen molar-refractivity contribution in [2.24, 2.45) is 0 Å². The van der Waals surface area contributed by atoms with Gasteiger partial charge in [-0.05, 0) is 48.0 Å². The Kier molecular flexibility index (Phi) is 7.18. The summed E-state index contributed by atoms with van der Waals surface area (Å²) in [5.74, 6) is 0. The maximum absolute atomic E-state index is 11.0. The van der Waals surface area contributed by atoms with Crippen LogP contribution in [0.5, 0.6) is 0 Å². The largest absolute Gasteiger partial charge is 0.309 e. The normalized spacial score (nSPS) is 11.3. The van der Waals surface area contributed by atoms with Crippen LogP contribution in [-0.2, 0) is 0 Å². The molecule has 0 unspecified atom stereocenters. The first-order valence-corrected chi connectivity index (χ1v) is 17.9. The van der Waals surface area contributed by atoms with Crippen LogP contribution in [0.3, 0.4) is 0 Å². The highest BCUT2D eigenvalue weighted by molar-refractivity contribution is 6.21. The van der Waals surface area contributed by atoms with Crippen LogP contribution in [0.1, 0.15) is 11.1 Å². The predicted molar refractivity (Wildman–Crippen MR) is 219 cm³/mol. The third kappa shape index (κ3) is 4.67. The quantitative estimate of drug-likeness (QED) is 0.181. The van der Waals surface area contributed by atoms with Crippen LogP contribution in [0.2, 0.25) is 0 Å². The molecule has 0 fully saturated rings. The SMILES string of the molecule is N#Cc1c(-c2ccccc2)nc(-c2cccc3c4cc5c6ccccc6n(-c6ccccc6)c5cc4n(-c4ccccc4)c23)c(C#N)c1-c1ccccc1. The Labute approximate surface area is 311 Å². The van der Waals surface area contributed by atoms with E-state index in [0.29, 0.717) is 28.1 Å². The molecule has 54 heavy (non-hydrogen) atoms. The molecular weight excluding hydrogens is 659 g/mol. The number of rotatable bonds is 5. The molecule has 250 valence electrons. The summed E-state index contributed by atoms with van der Waals surface area (Å²) in [5, 5.41) is 26.2. The molecule has 0 N–H and O–H groups in total. The van der Waals surface area contributed by atoms with Gasteiger partial charge in [0.25, 0.3) is 0 Å². The van der Waals surface area contributed by atoms with E-state index in [1.54, 1.807) is 0 Å². The summed E-state index contributed by atoms with van der Waals surface area (Å²) in [7, 11) is 0. The van der Waals surface area contributed by atoms with E-state index in [4.69, 9.17) is 4.98 Å². The van der Waals surface area contributed by atoms with Crippen LogP contribution in [0.4, 0.5) is 0 Å². The second-order valence-corrected chi connectivity index (χ2v) is 13.3. The lowest BCUT2D eigenvalue weighted by Gasteiger charge is -2.17. The summed E-state index contributed by atoms with van der Waals surface area (Å²) in [6.07, 6.45) is 0. The van der Waals surface area contributed by atoms with Gasteiger partial charge in [-0.1, -0.05) is 133 Å². The number of nitriles is 2. The van der Waals surface area contributed by atoms with Crippen molar-refractivity contribution in [3.8, 4) is 57.2 Å². The summed E-state index contributed by atoms with van der Waals surface area (Å²) in [5.41, 5.74) is 11.1. The van der Waals surface area contributed by atoms with Gasteiger partial charge >= 0.3 is 0 Å². The van der Waals surface area contributed by atoms with Crippen molar-refractivity contribution in [1.29, 1.82) is 10.5 Å². The minimum Gasteiger partial charge on any atom is -0.309 e. The molecule has 10 rings (SSSR count). The molecule has 0 atom stereocenters. The molecule has 0 radical (unpaired) electrons. The van der Waals surface area contributed by atoms with Crippen LogP contribution < -0.4 is 0 Å². The van der Waals surface area contributed by atoms with E-state index < -0.39 is 0 Å². The lowest BCUT2D eigenvalue weighted by atomic mass is 9.89. The number of pyridine rings is 1. The number of nitrogens with zero attached hydrogens (tertiary/aromatic N) is 5. The van der Waals surface area contributed by atoms with E-state index in [2.05, 4.69) is 124 Å². The molecule has 0 bridgehead atoms. The van der Waals surface area contributed by atoms with Gasteiger partial charge < -0.3 is 9.13 Å². The number of aromatic nitrogens is 3. The Morgan fingerprint density at radius 2 is 0.926 bits per heavy atom. The highest BCUT2D eigenvalue weighted by Gasteiger charge is 2.26. The first kappa shape index (κ1) is 31.0. The van der Waals surface area contributed by atoms with E-state index in [-0.39, 0.29) is 0 Å². The van der Waals surface area contributed by atoms with Gasteiger partial charge in [0, 0.05) is 49.6 Å². The van der Waals surface area contributed by atoms with Crippen molar-refractivity contribution in [3.05, 3.63) is 187 Å². The van der Waals surface area contributed by atoms with Crippen LogP contribution in [0, 0.1) is 22.7 Å². The average Bonchev–Trinajstić information content (AvgIpc) is 3.75. The van der Waals surface area contributed by atoms with E-state index in [9.17, 15) is 10.5 Å². The Bertz CT molecular complexity index is 3150. The molecule has 3 heterocycles. The predicted octanol–water partition coefficient (Wildman–Crippen LogP) is 12.0. The summed E-state index contributed by atoms with van der Waals surface area (Å²) >= 11 is 0. The molecule has 0 aliphatic heterocycles. The first-order valence-electron chi connectivity index (χ1n) is 17.9. The molecule has 0 saturated heterocycles. The Hall–Kier alpha value is -7.73. The molecular formula is C49H29N5. The molecule has 10 aromatic rings. The second kappa shape index (κ2) is 12.5. The second-order valence-electron chi connectivity index (χ2n) is 13.3. The van der Waals surface area contributed by atoms with Crippen LogP contribution in [0.25, 0.3) is 88.6 Å². The lowest BCUT2D eigenvalue weighted by Crippen LogP contribution is -2.03. The standard InChI is InChI=1S/C49H29N5/c50-30-41-46(32-16-5-1-6-17-32)42(31-51)48(52-47(41)33-18-7-2-8-19-33)38-26-15-25-37-40-28-39-36-24-13-14-27-43(36)53(34-20-9-3-10-21-34)44(39)29-45(40)54(49(37)38)35-22-11-4-12-23-35/h1-29H. The molecule has 0 saturated carbocycles. The van der Waals surface area contributed by atoms with Crippen LogP contribution in [-0.4, -0.2) is 14.1 Å². The zero-order valence-corrected chi connectivity index (χ0v) is 29.0. The van der Waals surface area contributed by atoms with Crippen molar-refractivity contribution >= 4 is 43.6 Å². The van der Waals surface area contributed by atoms with E-state index in [0.717, 1.165) is 66.3 Å². The number of fused-ring (bicyclic) bond motifs is 6. The zero-order valence-electron chi connectivity index (χ0n) is 29.0. The van der Waals surface area contributed by atoms with Crippen LogP contribution >= 0.6 is 0 Å². The fraction of sp³-hybridized carbons (Fsp3) is 0. The average molecular weight is 688 g/mol. The summed E-state index contributed by atoms with van der Waals surface area (Å²) in [4.78, 5) is 5.27. The van der Waals surface area contributed by atoms with Gasteiger partial charge in [-0.2, -0.15) is 10.5 Å². The monoisotopic (exact) mass is 687 g/mol. The van der Waals surface area contributed by atoms with Gasteiger partial charge in [0.15, 0.2) is 0 Å². The van der Waals surface area contributed by atoms with Crippen molar-refractivity contribution in [2.75, 3.05) is 0 Å². The lowest BCUT2D eigenvalue weighted by molar-refractivity contribution is 1.16. The summed E-state index contributed by atoms with van der Waals surface area (Å²) < 4.78 is 4.64. The maximum Gasteiger partial charge on any atom is 0.102 e. The van der Waals surface area contributed by atoms with Crippen molar-refractivity contribution < 1.29 is 0 Å². The summed E-state index contributed by atoms with van der Waals surface area (Å²) in [6.45, 7) is 0. The van der Waals surface area contributed by atoms with Gasteiger partial charge in [-0.3, -0.25) is 0 Å². The van der Waals surface area contributed by atoms with Crippen molar-refractivity contribution in [1.82, 2.24) is 14.1 Å². The molecule has 0 aliphatic carbocycles. The molecule has 3 aromatic heterocycles. The minimum atomic E-state index is 0.362. The summed E-state index contributed by atoms with van der Waals surface area (Å²) in [6, 6.07) is 64.8. The van der Waals surface area contributed by atoms with Crippen molar-refractivity contribution in [3.63, 3.8) is 0 Å². The first-order chi connectivity index (χ1) is 26.7. The molecule has 0 spiro atoms. The fourth-order valence-electron chi connectivity index (χ4n) is 8.12.